The van der Waals surface area contributed by atoms with E-state index in [9.17, 15) is 4.79 Å². The Hall–Kier alpha value is -2.08. The van der Waals surface area contributed by atoms with Crippen molar-refractivity contribution in [1.82, 2.24) is 15.1 Å². The molecule has 2 aliphatic rings. The topological polar surface area (TPSA) is 57.2 Å². The van der Waals surface area contributed by atoms with Crippen LogP contribution in [0.3, 0.4) is 0 Å². The van der Waals surface area contributed by atoms with E-state index in [-0.39, 0.29) is 12.0 Å². The summed E-state index contributed by atoms with van der Waals surface area (Å²) in [6, 6.07) is 4.50. The molecule has 1 aromatic carbocycles. The molecule has 1 amide bonds. The molecule has 0 spiro atoms. The van der Waals surface area contributed by atoms with Gasteiger partial charge in [-0.05, 0) is 56.7 Å². The number of rotatable bonds is 4. The summed E-state index contributed by atoms with van der Waals surface area (Å²) in [5.74, 6) is 1.08. The van der Waals surface area contributed by atoms with Gasteiger partial charge in [0.05, 0.1) is 0 Å². The monoisotopic (exact) mass is 386 g/mol. The standard InChI is InChI=1S/C22H34N4O2/c1-16-14-17(2)19(18(3)15-16)7-8-24-22(23-4)26-11-9-25(10-12-26)21(27)20-6-5-13-28-20/h14-15,20H,5-13H2,1-4H3,(H,23,24). The van der Waals surface area contributed by atoms with Gasteiger partial charge in [-0.3, -0.25) is 9.79 Å². The normalized spacial score (nSPS) is 20.6. The van der Waals surface area contributed by atoms with E-state index in [4.69, 9.17) is 4.74 Å². The Morgan fingerprint density at radius 3 is 2.36 bits per heavy atom. The minimum Gasteiger partial charge on any atom is -0.368 e. The molecule has 6 nitrogen and oxygen atoms in total. The first-order valence-corrected chi connectivity index (χ1v) is 10.4. The highest BCUT2D eigenvalue weighted by Crippen LogP contribution is 2.17. The smallest absolute Gasteiger partial charge is 0.251 e. The number of nitrogens with zero attached hydrogens (tertiary/aromatic N) is 3. The second kappa shape index (κ2) is 9.41. The maximum absolute atomic E-state index is 12.5. The predicted molar refractivity (Wildman–Crippen MR) is 113 cm³/mol. The zero-order valence-corrected chi connectivity index (χ0v) is 17.8. The van der Waals surface area contributed by atoms with Crippen molar-refractivity contribution < 1.29 is 9.53 Å². The highest BCUT2D eigenvalue weighted by molar-refractivity contribution is 5.82. The summed E-state index contributed by atoms with van der Waals surface area (Å²) in [6.45, 7) is 11.2. The zero-order chi connectivity index (χ0) is 20.1. The van der Waals surface area contributed by atoms with Gasteiger partial charge in [0.1, 0.15) is 6.10 Å². The Balaban J connectivity index is 1.48. The van der Waals surface area contributed by atoms with E-state index in [2.05, 4.69) is 48.1 Å². The average Bonchev–Trinajstić information content (AvgIpc) is 3.21. The number of guanidine groups is 1. The molecule has 1 atom stereocenters. The summed E-state index contributed by atoms with van der Waals surface area (Å²) in [7, 11) is 1.83. The highest BCUT2D eigenvalue weighted by Gasteiger charge is 2.30. The number of aliphatic imine (C=N–C) groups is 1. The summed E-state index contributed by atoms with van der Waals surface area (Å²) in [6.07, 6.45) is 2.62. The first-order valence-electron chi connectivity index (χ1n) is 10.4. The van der Waals surface area contributed by atoms with Crippen LogP contribution in [-0.4, -0.2) is 74.1 Å². The van der Waals surface area contributed by atoms with Gasteiger partial charge in [-0.1, -0.05) is 17.7 Å². The highest BCUT2D eigenvalue weighted by atomic mass is 16.5. The first-order chi connectivity index (χ1) is 13.5. The molecule has 3 rings (SSSR count). The number of benzene rings is 1. The van der Waals surface area contributed by atoms with Crippen LogP contribution in [0.15, 0.2) is 17.1 Å². The number of nitrogens with one attached hydrogen (secondary N) is 1. The van der Waals surface area contributed by atoms with Crippen LogP contribution in [0.1, 0.15) is 35.1 Å². The lowest BCUT2D eigenvalue weighted by Gasteiger charge is -2.37. The maximum atomic E-state index is 12.5. The molecule has 6 heteroatoms. The van der Waals surface area contributed by atoms with Gasteiger partial charge in [0.15, 0.2) is 5.96 Å². The first kappa shape index (κ1) is 20.6. The summed E-state index contributed by atoms with van der Waals surface area (Å²) < 4.78 is 5.54. The van der Waals surface area contributed by atoms with Crippen molar-refractivity contribution in [1.29, 1.82) is 0 Å². The molecule has 0 aliphatic carbocycles. The number of carbonyl (C=O) groups excluding carboxylic acids is 1. The van der Waals surface area contributed by atoms with E-state index < -0.39 is 0 Å². The van der Waals surface area contributed by atoms with Gasteiger partial charge in [0, 0.05) is 46.4 Å². The Labute approximate surface area is 168 Å². The van der Waals surface area contributed by atoms with E-state index in [1.807, 2.05) is 11.9 Å². The number of carbonyl (C=O) groups is 1. The van der Waals surface area contributed by atoms with Crippen molar-refractivity contribution in [2.75, 3.05) is 46.4 Å². The fourth-order valence-electron chi connectivity index (χ4n) is 4.35. The Morgan fingerprint density at radius 1 is 1.14 bits per heavy atom. The lowest BCUT2D eigenvalue weighted by Crippen LogP contribution is -2.55. The lowest BCUT2D eigenvalue weighted by atomic mass is 9.97. The Kier molecular flexibility index (Phi) is 6.94. The van der Waals surface area contributed by atoms with Gasteiger partial charge >= 0.3 is 0 Å². The zero-order valence-electron chi connectivity index (χ0n) is 17.8. The second-order valence-electron chi connectivity index (χ2n) is 7.92. The second-order valence-corrected chi connectivity index (χ2v) is 7.92. The average molecular weight is 387 g/mol. The number of aryl methyl sites for hydroxylation is 3. The van der Waals surface area contributed by atoms with E-state index in [0.29, 0.717) is 6.61 Å². The van der Waals surface area contributed by atoms with Gasteiger partial charge in [0.25, 0.3) is 5.91 Å². The van der Waals surface area contributed by atoms with Crippen LogP contribution in [0.2, 0.25) is 0 Å². The molecule has 1 N–H and O–H groups in total. The number of ether oxygens (including phenoxy) is 1. The van der Waals surface area contributed by atoms with Crippen LogP contribution in [0, 0.1) is 20.8 Å². The van der Waals surface area contributed by atoms with Crippen molar-refractivity contribution in [2.45, 2.75) is 46.1 Å². The summed E-state index contributed by atoms with van der Waals surface area (Å²) >= 11 is 0. The van der Waals surface area contributed by atoms with Crippen LogP contribution in [0.25, 0.3) is 0 Å². The van der Waals surface area contributed by atoms with Crippen LogP contribution in [0.5, 0.6) is 0 Å². The molecule has 0 saturated carbocycles. The minimum absolute atomic E-state index is 0.158. The third-order valence-electron chi connectivity index (χ3n) is 5.81. The van der Waals surface area contributed by atoms with E-state index >= 15 is 0 Å². The van der Waals surface area contributed by atoms with Crippen LogP contribution in [0.4, 0.5) is 0 Å². The fraction of sp³-hybridized carbons (Fsp3) is 0.636. The predicted octanol–water partition coefficient (Wildman–Crippen LogP) is 2.05. The van der Waals surface area contributed by atoms with Crippen LogP contribution in [-0.2, 0) is 16.0 Å². The molecule has 28 heavy (non-hydrogen) atoms. The van der Waals surface area contributed by atoms with Crippen molar-refractivity contribution in [3.8, 4) is 0 Å². The fourth-order valence-corrected chi connectivity index (χ4v) is 4.35. The van der Waals surface area contributed by atoms with E-state index in [1.165, 1.54) is 22.3 Å². The molecular weight excluding hydrogens is 352 g/mol. The largest absolute Gasteiger partial charge is 0.368 e. The summed E-state index contributed by atoms with van der Waals surface area (Å²) in [4.78, 5) is 21.1. The minimum atomic E-state index is -0.218. The Bertz CT molecular complexity index is 694. The van der Waals surface area contributed by atoms with Gasteiger partial charge < -0.3 is 19.9 Å². The van der Waals surface area contributed by atoms with Crippen molar-refractivity contribution in [2.24, 2.45) is 4.99 Å². The summed E-state index contributed by atoms with van der Waals surface area (Å²) in [5.41, 5.74) is 5.45. The molecule has 0 radical (unpaired) electrons. The third-order valence-corrected chi connectivity index (χ3v) is 5.81. The SMILES string of the molecule is CN=C(NCCc1c(C)cc(C)cc1C)N1CCN(C(=O)C2CCCO2)CC1. The van der Waals surface area contributed by atoms with Crippen molar-refractivity contribution in [3.63, 3.8) is 0 Å². The lowest BCUT2D eigenvalue weighted by molar-refractivity contribution is -0.142. The molecule has 154 valence electrons. The number of amides is 1. The van der Waals surface area contributed by atoms with Gasteiger partial charge in [-0.15, -0.1) is 0 Å². The summed E-state index contributed by atoms with van der Waals surface area (Å²) in [5, 5.41) is 3.50. The van der Waals surface area contributed by atoms with E-state index in [1.54, 1.807) is 0 Å². The van der Waals surface area contributed by atoms with Crippen molar-refractivity contribution in [3.05, 3.63) is 34.4 Å². The van der Waals surface area contributed by atoms with Crippen LogP contribution >= 0.6 is 0 Å². The number of hydrogen-bond acceptors (Lipinski definition) is 3. The quantitative estimate of drug-likeness (QED) is 0.636. The van der Waals surface area contributed by atoms with E-state index in [0.717, 1.165) is 57.9 Å². The van der Waals surface area contributed by atoms with Crippen LogP contribution < -0.4 is 5.32 Å². The molecule has 0 aromatic heterocycles. The molecule has 2 fully saturated rings. The number of piperazine rings is 1. The molecule has 2 aliphatic heterocycles. The molecule has 1 unspecified atom stereocenters. The molecule has 2 saturated heterocycles. The van der Waals surface area contributed by atoms with Gasteiger partial charge in [0.2, 0.25) is 0 Å². The molecular formula is C22H34N4O2. The maximum Gasteiger partial charge on any atom is 0.251 e. The molecule has 0 bridgehead atoms. The third kappa shape index (κ3) is 4.85. The Morgan fingerprint density at radius 2 is 1.79 bits per heavy atom. The van der Waals surface area contributed by atoms with Gasteiger partial charge in [-0.25, -0.2) is 0 Å². The van der Waals surface area contributed by atoms with Gasteiger partial charge in [-0.2, -0.15) is 0 Å². The molecule has 1 aromatic rings. The molecule has 2 heterocycles. The van der Waals surface area contributed by atoms with Crippen molar-refractivity contribution >= 4 is 11.9 Å². The number of hydrogen-bond donors (Lipinski definition) is 1.